The molecule has 0 bridgehead atoms. The Hall–Kier alpha value is -2.70. The van der Waals surface area contributed by atoms with Crippen molar-refractivity contribution in [1.29, 1.82) is 0 Å². The molecule has 0 saturated carbocycles. The zero-order valence-corrected chi connectivity index (χ0v) is 15.8. The summed E-state index contributed by atoms with van der Waals surface area (Å²) in [4.78, 5) is 12.3. The minimum absolute atomic E-state index is 0.252. The highest BCUT2D eigenvalue weighted by molar-refractivity contribution is 7.15. The fourth-order valence-electron chi connectivity index (χ4n) is 2.14. The molecule has 0 spiro atoms. The highest BCUT2D eigenvalue weighted by Crippen LogP contribution is 2.26. The highest BCUT2D eigenvalue weighted by Gasteiger charge is 2.14. The monoisotopic (exact) mass is 385 g/mol. The van der Waals surface area contributed by atoms with Crippen LogP contribution in [0.25, 0.3) is 11.1 Å². The van der Waals surface area contributed by atoms with Gasteiger partial charge >= 0.3 is 0 Å². The van der Waals surface area contributed by atoms with Gasteiger partial charge in [0, 0.05) is 5.69 Å². The number of ether oxygens (including phenoxy) is 1. The van der Waals surface area contributed by atoms with Crippen molar-refractivity contribution in [1.82, 2.24) is 10.2 Å². The van der Waals surface area contributed by atoms with Crippen LogP contribution in [0.1, 0.15) is 25.9 Å². The first kappa shape index (κ1) is 18.1. The number of nitrogens with zero attached hydrogens (tertiary/aromatic N) is 2. The zero-order chi connectivity index (χ0) is 18.5. The SMILES string of the molecule is COc1ccc(/C=C(\Cl)c2nnc(C(=O)Nc3ccc(C)cc3)s2)cc1. The number of hydrogen-bond acceptors (Lipinski definition) is 5. The van der Waals surface area contributed by atoms with Crippen molar-refractivity contribution >= 4 is 45.6 Å². The largest absolute Gasteiger partial charge is 0.497 e. The summed E-state index contributed by atoms with van der Waals surface area (Å²) < 4.78 is 5.13. The number of rotatable bonds is 5. The Bertz CT molecular complexity index is 934. The molecule has 1 amide bonds. The van der Waals surface area contributed by atoms with Crippen LogP contribution in [0.4, 0.5) is 5.69 Å². The fraction of sp³-hybridized carbons (Fsp3) is 0.105. The summed E-state index contributed by atoms with van der Waals surface area (Å²) in [5.74, 6) is 0.454. The Morgan fingerprint density at radius 3 is 2.38 bits per heavy atom. The van der Waals surface area contributed by atoms with Gasteiger partial charge in [-0.25, -0.2) is 0 Å². The topological polar surface area (TPSA) is 64.1 Å². The van der Waals surface area contributed by atoms with E-state index in [1.54, 1.807) is 13.2 Å². The van der Waals surface area contributed by atoms with Crippen LogP contribution in [0.15, 0.2) is 48.5 Å². The van der Waals surface area contributed by atoms with Gasteiger partial charge in [-0.3, -0.25) is 4.79 Å². The van der Waals surface area contributed by atoms with Crippen LogP contribution < -0.4 is 10.1 Å². The van der Waals surface area contributed by atoms with E-state index in [1.807, 2.05) is 55.5 Å². The van der Waals surface area contributed by atoms with Crippen LogP contribution >= 0.6 is 22.9 Å². The van der Waals surface area contributed by atoms with Crippen molar-refractivity contribution < 1.29 is 9.53 Å². The second-order valence-electron chi connectivity index (χ2n) is 5.50. The summed E-state index contributed by atoms with van der Waals surface area (Å²) in [5, 5.41) is 11.9. The van der Waals surface area contributed by atoms with E-state index in [1.165, 1.54) is 0 Å². The van der Waals surface area contributed by atoms with Crippen molar-refractivity contribution in [2.45, 2.75) is 6.92 Å². The van der Waals surface area contributed by atoms with Gasteiger partial charge in [0.15, 0.2) is 5.01 Å². The molecule has 7 heteroatoms. The number of carbonyl (C=O) groups excluding carboxylic acids is 1. The maximum absolute atomic E-state index is 12.3. The number of carbonyl (C=O) groups is 1. The Kier molecular flexibility index (Phi) is 5.65. The highest BCUT2D eigenvalue weighted by atomic mass is 35.5. The molecule has 0 aliphatic rings. The minimum Gasteiger partial charge on any atom is -0.497 e. The van der Waals surface area contributed by atoms with Crippen molar-refractivity contribution in [2.75, 3.05) is 12.4 Å². The predicted octanol–water partition coefficient (Wildman–Crippen LogP) is 4.84. The molecule has 2 aromatic carbocycles. The van der Waals surface area contributed by atoms with Gasteiger partial charge in [-0.05, 0) is 42.8 Å². The van der Waals surface area contributed by atoms with Gasteiger partial charge in [0.05, 0.1) is 12.1 Å². The molecule has 1 N–H and O–H groups in total. The van der Waals surface area contributed by atoms with E-state index in [9.17, 15) is 4.79 Å². The van der Waals surface area contributed by atoms with Crippen molar-refractivity contribution in [3.05, 3.63) is 69.7 Å². The second-order valence-corrected chi connectivity index (χ2v) is 6.88. The van der Waals surface area contributed by atoms with Gasteiger partial charge in [0.2, 0.25) is 5.01 Å². The lowest BCUT2D eigenvalue weighted by molar-refractivity contribution is 0.102. The van der Waals surface area contributed by atoms with E-state index in [2.05, 4.69) is 15.5 Å². The molecule has 26 heavy (non-hydrogen) atoms. The van der Waals surface area contributed by atoms with Gasteiger partial charge in [-0.15, -0.1) is 10.2 Å². The molecule has 0 saturated heterocycles. The molecule has 0 aliphatic carbocycles. The smallest absolute Gasteiger partial charge is 0.286 e. The average Bonchev–Trinajstić information content (AvgIpc) is 3.15. The fourth-order valence-corrected chi connectivity index (χ4v) is 3.07. The lowest BCUT2D eigenvalue weighted by Gasteiger charge is -2.02. The summed E-state index contributed by atoms with van der Waals surface area (Å²) >= 11 is 7.46. The van der Waals surface area contributed by atoms with Crippen molar-refractivity contribution in [3.8, 4) is 5.75 Å². The van der Waals surface area contributed by atoms with E-state index >= 15 is 0 Å². The van der Waals surface area contributed by atoms with Crippen LogP contribution in [0.3, 0.4) is 0 Å². The minimum atomic E-state index is -0.313. The molecule has 1 heterocycles. The summed E-state index contributed by atoms with van der Waals surface area (Å²) in [7, 11) is 1.61. The van der Waals surface area contributed by atoms with Crippen LogP contribution in [-0.2, 0) is 0 Å². The first-order valence-corrected chi connectivity index (χ1v) is 8.98. The molecule has 132 valence electrons. The van der Waals surface area contributed by atoms with Crippen LogP contribution in [0.2, 0.25) is 0 Å². The van der Waals surface area contributed by atoms with E-state index in [4.69, 9.17) is 16.3 Å². The van der Waals surface area contributed by atoms with E-state index < -0.39 is 0 Å². The number of halogens is 1. The molecular formula is C19H16ClN3O2S. The maximum Gasteiger partial charge on any atom is 0.286 e. The molecule has 0 aliphatic heterocycles. The van der Waals surface area contributed by atoms with Gasteiger partial charge < -0.3 is 10.1 Å². The number of benzene rings is 2. The Morgan fingerprint density at radius 1 is 1.08 bits per heavy atom. The number of nitrogens with one attached hydrogen (secondary N) is 1. The molecular weight excluding hydrogens is 370 g/mol. The third-order valence-corrected chi connectivity index (χ3v) is 4.90. The van der Waals surface area contributed by atoms with Gasteiger partial charge in [0.1, 0.15) is 5.75 Å². The Balaban J connectivity index is 1.72. The number of aryl methyl sites for hydroxylation is 1. The number of aromatic nitrogens is 2. The lowest BCUT2D eigenvalue weighted by atomic mass is 10.2. The molecule has 0 unspecified atom stereocenters. The molecule has 0 radical (unpaired) electrons. The molecule has 0 atom stereocenters. The van der Waals surface area contributed by atoms with Crippen LogP contribution in [0.5, 0.6) is 5.75 Å². The molecule has 3 aromatic rings. The van der Waals surface area contributed by atoms with Gasteiger partial charge in [-0.2, -0.15) is 0 Å². The second kappa shape index (κ2) is 8.12. The summed E-state index contributed by atoms with van der Waals surface area (Å²) in [5.41, 5.74) is 2.73. The Morgan fingerprint density at radius 2 is 1.73 bits per heavy atom. The number of methoxy groups -OCH3 is 1. The number of hydrogen-bond donors (Lipinski definition) is 1. The summed E-state index contributed by atoms with van der Waals surface area (Å²) in [6.45, 7) is 1.99. The normalized spacial score (nSPS) is 11.3. The van der Waals surface area contributed by atoms with Crippen LogP contribution in [-0.4, -0.2) is 23.2 Å². The molecule has 0 fully saturated rings. The molecule has 1 aromatic heterocycles. The molecule has 5 nitrogen and oxygen atoms in total. The van der Waals surface area contributed by atoms with Gasteiger partial charge in [-0.1, -0.05) is 52.8 Å². The maximum atomic E-state index is 12.3. The third-order valence-electron chi connectivity index (χ3n) is 3.54. The standard InChI is InChI=1S/C19H16ClN3O2S/c1-12-3-7-14(8-4-12)21-17(24)19-23-22-18(26-19)16(20)11-13-5-9-15(25-2)10-6-13/h3-11H,1-2H3,(H,21,24)/b16-11-. The van der Waals surface area contributed by atoms with Crippen molar-refractivity contribution in [2.24, 2.45) is 0 Å². The summed E-state index contributed by atoms with van der Waals surface area (Å²) in [6, 6.07) is 15.0. The average molecular weight is 386 g/mol. The Labute approximate surface area is 160 Å². The first-order valence-electron chi connectivity index (χ1n) is 7.78. The van der Waals surface area contributed by atoms with Gasteiger partial charge in [0.25, 0.3) is 5.91 Å². The van der Waals surface area contributed by atoms with Crippen LogP contribution in [0, 0.1) is 6.92 Å². The number of anilines is 1. The summed E-state index contributed by atoms with van der Waals surface area (Å²) in [6.07, 6.45) is 1.77. The van der Waals surface area contributed by atoms with E-state index in [0.29, 0.717) is 15.7 Å². The van der Waals surface area contributed by atoms with Crippen molar-refractivity contribution in [3.63, 3.8) is 0 Å². The third kappa shape index (κ3) is 4.47. The van der Waals surface area contributed by atoms with E-state index in [0.717, 1.165) is 28.2 Å². The quantitative estimate of drug-likeness (QED) is 0.682. The number of amides is 1. The lowest BCUT2D eigenvalue weighted by Crippen LogP contribution is -2.11. The predicted molar refractivity (Wildman–Crippen MR) is 106 cm³/mol. The van der Waals surface area contributed by atoms with E-state index in [-0.39, 0.29) is 10.9 Å². The molecule has 3 rings (SSSR count). The first-order chi connectivity index (χ1) is 12.5. The zero-order valence-electron chi connectivity index (χ0n) is 14.2.